The van der Waals surface area contributed by atoms with Crippen molar-refractivity contribution in [3.63, 3.8) is 0 Å². The number of carbonyl (C=O) groups is 2. The Hall–Kier alpha value is -1.26. The zero-order valence-electron chi connectivity index (χ0n) is 10.6. The Bertz CT molecular complexity index is 368. The fourth-order valence-corrected chi connectivity index (χ4v) is 4.25. The Morgan fingerprint density at radius 3 is 2.44 bits per heavy atom. The van der Waals surface area contributed by atoms with E-state index in [1.807, 2.05) is 0 Å². The first-order valence-electron chi connectivity index (χ1n) is 6.85. The monoisotopic (exact) mass is 252 g/mol. The van der Waals surface area contributed by atoms with Crippen molar-refractivity contribution in [3.8, 4) is 0 Å². The van der Waals surface area contributed by atoms with Crippen LogP contribution >= 0.6 is 0 Å². The van der Waals surface area contributed by atoms with Crippen molar-refractivity contribution in [2.75, 3.05) is 0 Å². The van der Waals surface area contributed by atoms with Crippen molar-refractivity contribution < 1.29 is 14.7 Å². The molecule has 100 valence electrons. The SMILES string of the molecule is CC(CC(=O)O)NC(=O)NC1C2C3CCC(C3)C12. The van der Waals surface area contributed by atoms with Gasteiger partial charge >= 0.3 is 12.0 Å². The summed E-state index contributed by atoms with van der Waals surface area (Å²) in [7, 11) is 0. The summed E-state index contributed by atoms with van der Waals surface area (Å²) in [6.45, 7) is 1.71. The summed E-state index contributed by atoms with van der Waals surface area (Å²) < 4.78 is 0. The van der Waals surface area contributed by atoms with Crippen LogP contribution in [0.4, 0.5) is 4.79 Å². The first-order chi connectivity index (χ1) is 8.56. The second kappa shape index (κ2) is 4.14. The minimum Gasteiger partial charge on any atom is -0.481 e. The van der Waals surface area contributed by atoms with Gasteiger partial charge in [-0.15, -0.1) is 0 Å². The first kappa shape index (κ1) is 11.8. The number of rotatable bonds is 4. The van der Waals surface area contributed by atoms with E-state index >= 15 is 0 Å². The van der Waals surface area contributed by atoms with Crippen molar-refractivity contribution in [3.05, 3.63) is 0 Å². The zero-order valence-corrected chi connectivity index (χ0v) is 10.6. The van der Waals surface area contributed by atoms with Crippen LogP contribution < -0.4 is 10.6 Å². The minimum atomic E-state index is -0.885. The van der Waals surface area contributed by atoms with Gasteiger partial charge in [-0.1, -0.05) is 0 Å². The Morgan fingerprint density at radius 1 is 1.28 bits per heavy atom. The average molecular weight is 252 g/mol. The molecule has 3 aliphatic rings. The summed E-state index contributed by atoms with van der Waals surface area (Å²) in [5, 5.41) is 14.3. The molecule has 0 aliphatic heterocycles. The van der Waals surface area contributed by atoms with Crippen LogP contribution in [0.2, 0.25) is 0 Å². The number of carboxylic acids is 1. The van der Waals surface area contributed by atoms with Crippen LogP contribution in [0.15, 0.2) is 0 Å². The highest BCUT2D eigenvalue weighted by Gasteiger charge is 2.65. The van der Waals surface area contributed by atoms with Crippen molar-refractivity contribution in [2.24, 2.45) is 23.7 Å². The number of aliphatic carboxylic acids is 1. The Kier molecular flexibility index (Phi) is 2.72. The number of fused-ring (bicyclic) bond motifs is 5. The van der Waals surface area contributed by atoms with E-state index < -0.39 is 5.97 Å². The van der Waals surface area contributed by atoms with Crippen molar-refractivity contribution in [2.45, 2.75) is 44.7 Å². The Labute approximate surface area is 106 Å². The van der Waals surface area contributed by atoms with E-state index in [0.717, 1.165) is 11.8 Å². The molecule has 3 aliphatic carbocycles. The second-order valence-corrected chi connectivity index (χ2v) is 6.13. The standard InChI is InChI=1S/C13H20N2O3/c1-6(4-9(16)17)14-13(18)15-12-10-7-2-3-8(5-7)11(10)12/h6-8,10-12H,2-5H2,1H3,(H,16,17)(H2,14,15,18). The zero-order chi connectivity index (χ0) is 12.9. The van der Waals surface area contributed by atoms with Gasteiger partial charge in [-0.25, -0.2) is 4.79 Å². The molecule has 5 nitrogen and oxygen atoms in total. The highest BCUT2D eigenvalue weighted by atomic mass is 16.4. The van der Waals surface area contributed by atoms with Gasteiger partial charge in [0.15, 0.2) is 0 Å². The summed E-state index contributed by atoms with van der Waals surface area (Å²) >= 11 is 0. The second-order valence-electron chi connectivity index (χ2n) is 6.13. The number of carbonyl (C=O) groups excluding carboxylic acids is 1. The fraction of sp³-hybridized carbons (Fsp3) is 0.846. The number of urea groups is 1. The molecule has 0 aromatic carbocycles. The van der Waals surface area contributed by atoms with Crippen molar-refractivity contribution in [1.82, 2.24) is 10.6 Å². The normalized spacial score (nSPS) is 41.1. The van der Waals surface area contributed by atoms with Gasteiger partial charge in [0.1, 0.15) is 0 Å². The van der Waals surface area contributed by atoms with Crippen LogP contribution in [0.3, 0.4) is 0 Å². The molecule has 0 heterocycles. The average Bonchev–Trinajstić information content (AvgIpc) is 2.69. The molecule has 2 bridgehead atoms. The van der Waals surface area contributed by atoms with Crippen LogP contribution in [-0.4, -0.2) is 29.2 Å². The molecule has 0 aromatic rings. The lowest BCUT2D eigenvalue weighted by atomic mass is 10.0. The predicted octanol–water partition coefficient (Wildman–Crippen LogP) is 1.19. The molecule has 18 heavy (non-hydrogen) atoms. The molecule has 5 unspecified atom stereocenters. The molecular weight excluding hydrogens is 232 g/mol. The minimum absolute atomic E-state index is 0.0316. The van der Waals surface area contributed by atoms with Crippen molar-refractivity contribution >= 4 is 12.0 Å². The van der Waals surface area contributed by atoms with Crippen LogP contribution in [0, 0.1) is 23.7 Å². The summed E-state index contributed by atoms with van der Waals surface area (Å²) in [5.74, 6) is 2.21. The molecule has 0 radical (unpaired) electrons. The maximum Gasteiger partial charge on any atom is 0.315 e. The number of carboxylic acid groups (broad SMARTS) is 1. The molecule has 0 spiro atoms. The maximum atomic E-state index is 11.7. The largest absolute Gasteiger partial charge is 0.481 e. The van der Waals surface area contributed by atoms with E-state index in [-0.39, 0.29) is 18.5 Å². The van der Waals surface area contributed by atoms with Gasteiger partial charge in [-0.2, -0.15) is 0 Å². The van der Waals surface area contributed by atoms with E-state index in [0.29, 0.717) is 17.9 Å². The lowest BCUT2D eigenvalue weighted by Crippen LogP contribution is -2.43. The van der Waals surface area contributed by atoms with Crippen LogP contribution in [0.1, 0.15) is 32.6 Å². The molecule has 3 fully saturated rings. The molecule has 3 saturated carbocycles. The third-order valence-corrected chi connectivity index (χ3v) is 4.89. The smallest absolute Gasteiger partial charge is 0.315 e. The summed E-state index contributed by atoms with van der Waals surface area (Å²) in [6.07, 6.45) is 4.00. The highest BCUT2D eigenvalue weighted by molar-refractivity contribution is 5.76. The van der Waals surface area contributed by atoms with Gasteiger partial charge in [0, 0.05) is 12.1 Å². The quantitative estimate of drug-likeness (QED) is 0.703. The van der Waals surface area contributed by atoms with E-state index in [4.69, 9.17) is 5.11 Å². The molecule has 0 saturated heterocycles. The lowest BCUT2D eigenvalue weighted by molar-refractivity contribution is -0.137. The van der Waals surface area contributed by atoms with Gasteiger partial charge in [-0.3, -0.25) is 4.79 Å². The molecule has 5 heteroatoms. The molecule has 0 aromatic heterocycles. The summed E-state index contributed by atoms with van der Waals surface area (Å²) in [6, 6.07) is -0.173. The first-order valence-corrected chi connectivity index (χ1v) is 6.85. The third kappa shape index (κ3) is 1.95. The molecular formula is C13H20N2O3. The van der Waals surface area contributed by atoms with Crippen LogP contribution in [0.25, 0.3) is 0 Å². The van der Waals surface area contributed by atoms with Gasteiger partial charge in [0.05, 0.1) is 6.42 Å². The molecule has 3 rings (SSSR count). The van der Waals surface area contributed by atoms with Gasteiger partial charge in [0.25, 0.3) is 0 Å². The van der Waals surface area contributed by atoms with Crippen LogP contribution in [-0.2, 0) is 4.79 Å². The number of nitrogens with one attached hydrogen (secondary N) is 2. The molecule has 2 amide bonds. The predicted molar refractivity (Wildman–Crippen MR) is 65.0 cm³/mol. The van der Waals surface area contributed by atoms with Gasteiger partial charge in [-0.05, 0) is 49.9 Å². The van der Waals surface area contributed by atoms with Crippen LogP contribution in [0.5, 0.6) is 0 Å². The number of hydrogen-bond donors (Lipinski definition) is 3. The van der Waals surface area contributed by atoms with E-state index in [1.54, 1.807) is 6.92 Å². The fourth-order valence-electron chi connectivity index (χ4n) is 4.25. The van der Waals surface area contributed by atoms with Gasteiger partial charge < -0.3 is 15.7 Å². The summed E-state index contributed by atoms with van der Waals surface area (Å²) in [5.41, 5.74) is 0. The molecule has 3 N–H and O–H groups in total. The maximum absolute atomic E-state index is 11.7. The highest BCUT2D eigenvalue weighted by Crippen LogP contribution is 2.65. The molecule has 5 atom stereocenters. The number of hydrogen-bond acceptors (Lipinski definition) is 2. The lowest BCUT2D eigenvalue weighted by Gasteiger charge is -2.14. The topological polar surface area (TPSA) is 78.4 Å². The third-order valence-electron chi connectivity index (χ3n) is 4.89. The van der Waals surface area contributed by atoms with E-state index in [1.165, 1.54) is 19.3 Å². The van der Waals surface area contributed by atoms with Crippen molar-refractivity contribution in [1.29, 1.82) is 0 Å². The number of amides is 2. The summed E-state index contributed by atoms with van der Waals surface area (Å²) in [4.78, 5) is 22.2. The van der Waals surface area contributed by atoms with E-state index in [2.05, 4.69) is 10.6 Å². The van der Waals surface area contributed by atoms with Gasteiger partial charge in [0.2, 0.25) is 0 Å². The Balaban J connectivity index is 1.45. The Morgan fingerprint density at radius 2 is 1.89 bits per heavy atom. The van der Waals surface area contributed by atoms with E-state index in [9.17, 15) is 9.59 Å².